The molecule has 2 unspecified atom stereocenters. The number of fused-ring (bicyclic) bond motifs is 1. The van der Waals surface area contributed by atoms with Crippen LogP contribution in [0.2, 0.25) is 0 Å². The number of aromatic nitrogens is 3. The first-order valence-corrected chi connectivity index (χ1v) is 17.1. The van der Waals surface area contributed by atoms with Gasteiger partial charge in [-0.3, -0.25) is 0 Å². The van der Waals surface area contributed by atoms with E-state index < -0.39 is 17.7 Å². The van der Waals surface area contributed by atoms with E-state index >= 15 is 0 Å². The molecular weight excluding hydrogens is 635 g/mol. The number of benzene rings is 2. The zero-order valence-electron chi connectivity index (χ0n) is 30.3. The Kier molecular flexibility index (Phi) is 10.8. The summed E-state index contributed by atoms with van der Waals surface area (Å²) in [5.41, 5.74) is 4.12. The average molecular weight is 685 g/mol. The van der Waals surface area contributed by atoms with E-state index in [9.17, 15) is 14.3 Å². The fraction of sp³-hybridized carbons (Fsp3) is 0.425. The summed E-state index contributed by atoms with van der Waals surface area (Å²) < 4.78 is 35.0. The molecule has 10 heteroatoms. The molecular formula is C40H49FN4O5. The second kappa shape index (κ2) is 14.7. The number of hydrogen-bond acceptors (Lipinski definition) is 7. The molecule has 0 amide bonds. The van der Waals surface area contributed by atoms with Crippen LogP contribution in [0, 0.1) is 19.7 Å². The lowest BCUT2D eigenvalue weighted by atomic mass is 9.92. The fourth-order valence-corrected chi connectivity index (χ4v) is 6.38. The Morgan fingerprint density at radius 2 is 1.80 bits per heavy atom. The summed E-state index contributed by atoms with van der Waals surface area (Å²) in [6.07, 6.45) is 4.15. The van der Waals surface area contributed by atoms with Crippen molar-refractivity contribution in [3.8, 4) is 28.1 Å². The molecule has 0 radical (unpaired) electrons. The summed E-state index contributed by atoms with van der Waals surface area (Å²) in [6.45, 7) is 22.4. The Morgan fingerprint density at radius 1 is 1.10 bits per heavy atom. The third-order valence-electron chi connectivity index (χ3n) is 8.99. The molecule has 1 fully saturated rings. The first-order chi connectivity index (χ1) is 23.6. The van der Waals surface area contributed by atoms with Crippen LogP contribution >= 0.6 is 0 Å². The van der Waals surface area contributed by atoms with Gasteiger partial charge in [0, 0.05) is 48.5 Å². The molecule has 0 bridgehead atoms. The van der Waals surface area contributed by atoms with Crippen molar-refractivity contribution in [2.24, 2.45) is 0 Å². The highest BCUT2D eigenvalue weighted by molar-refractivity contribution is 5.80. The molecule has 3 heterocycles. The maximum atomic E-state index is 14.7. The van der Waals surface area contributed by atoms with Crippen molar-refractivity contribution < 1.29 is 28.5 Å². The van der Waals surface area contributed by atoms with Gasteiger partial charge in [0.2, 0.25) is 0 Å². The molecule has 0 saturated carbocycles. The number of ether oxygens (including phenoxy) is 3. The highest BCUT2D eigenvalue weighted by Gasteiger charge is 2.37. The van der Waals surface area contributed by atoms with Crippen LogP contribution < -0.4 is 9.64 Å². The number of aliphatic carboxylic acids is 1. The Hall–Kier alpha value is -4.54. The number of halogens is 1. The molecule has 2 aromatic heterocycles. The van der Waals surface area contributed by atoms with Crippen LogP contribution in [0.1, 0.15) is 76.8 Å². The molecule has 0 aliphatic carbocycles. The zero-order valence-corrected chi connectivity index (χ0v) is 30.3. The van der Waals surface area contributed by atoms with Crippen LogP contribution in [0.25, 0.3) is 28.0 Å². The molecule has 50 heavy (non-hydrogen) atoms. The summed E-state index contributed by atoms with van der Waals surface area (Å²) in [7, 11) is 0. The van der Waals surface area contributed by atoms with Gasteiger partial charge in [0.05, 0.1) is 35.2 Å². The average Bonchev–Trinajstić information content (AvgIpc) is 3.48. The van der Waals surface area contributed by atoms with Crippen LogP contribution in [0.15, 0.2) is 67.8 Å². The van der Waals surface area contributed by atoms with Crippen molar-refractivity contribution in [2.75, 3.05) is 24.6 Å². The summed E-state index contributed by atoms with van der Waals surface area (Å²) in [4.78, 5) is 19.9. The van der Waals surface area contributed by atoms with Gasteiger partial charge in [0.1, 0.15) is 17.4 Å². The highest BCUT2D eigenvalue weighted by Crippen LogP contribution is 2.39. The predicted molar refractivity (Wildman–Crippen MR) is 195 cm³/mol. The van der Waals surface area contributed by atoms with Crippen molar-refractivity contribution in [1.29, 1.82) is 0 Å². The Labute approximate surface area is 294 Å². The minimum atomic E-state index is -1.27. The van der Waals surface area contributed by atoms with Gasteiger partial charge in [-0.05, 0) is 84.6 Å². The third kappa shape index (κ3) is 8.08. The van der Waals surface area contributed by atoms with Gasteiger partial charge in [0.15, 0.2) is 11.8 Å². The van der Waals surface area contributed by atoms with Gasteiger partial charge in [-0.25, -0.2) is 14.2 Å². The molecule has 4 aromatic rings. The lowest BCUT2D eigenvalue weighted by molar-refractivity contribution is -0.160. The van der Waals surface area contributed by atoms with E-state index in [1.165, 1.54) is 6.07 Å². The van der Waals surface area contributed by atoms with E-state index in [4.69, 9.17) is 24.3 Å². The standard InChI is InChI=1S/C40H49FN4O5/c1-10-13-26(4)49-33-23-31(41)25(3)21-30(33)28-14-12-15-29(22-28)32-24-34-42-27(5)35(36(38(46)47)50-39(6,7)8)37(45(34)43-32)44-18-16-40(9,17-19-44)48-20-11-2/h10-12,14-15,21-24,26,36H,1-2,13,16-20H2,3-9H3,(H,46,47). The highest BCUT2D eigenvalue weighted by atomic mass is 19.1. The van der Waals surface area contributed by atoms with Gasteiger partial charge in [-0.15, -0.1) is 13.2 Å². The van der Waals surface area contributed by atoms with E-state index in [1.807, 2.05) is 65.0 Å². The number of nitrogens with zero attached hydrogens (tertiary/aromatic N) is 4. The Morgan fingerprint density at radius 3 is 2.44 bits per heavy atom. The van der Waals surface area contributed by atoms with E-state index in [-0.39, 0.29) is 17.5 Å². The summed E-state index contributed by atoms with van der Waals surface area (Å²) >= 11 is 0. The summed E-state index contributed by atoms with van der Waals surface area (Å²) in [6, 6.07) is 13.0. The van der Waals surface area contributed by atoms with Crippen molar-refractivity contribution >= 4 is 17.4 Å². The van der Waals surface area contributed by atoms with Crippen LogP contribution in [0.5, 0.6) is 5.75 Å². The van der Waals surface area contributed by atoms with Crippen LogP contribution in [0.4, 0.5) is 10.2 Å². The SMILES string of the molecule is C=CCOC1(C)CCN(c2c(C(OC(C)(C)C)C(=O)O)c(C)nc3cc(-c4cccc(-c5cc(C)c(F)cc5OC(C)CC=C)c4)nn23)CC1. The first-order valence-electron chi connectivity index (χ1n) is 17.1. The summed E-state index contributed by atoms with van der Waals surface area (Å²) in [5.74, 6) is -0.349. The zero-order chi connectivity index (χ0) is 36.4. The minimum absolute atomic E-state index is 0.185. The molecule has 1 aliphatic heterocycles. The molecule has 1 N–H and O–H groups in total. The largest absolute Gasteiger partial charge is 0.490 e. The van der Waals surface area contributed by atoms with Gasteiger partial charge >= 0.3 is 5.97 Å². The normalized spacial score (nSPS) is 15.9. The molecule has 266 valence electrons. The maximum Gasteiger partial charge on any atom is 0.337 e. The molecule has 2 aromatic carbocycles. The van der Waals surface area contributed by atoms with Crippen molar-refractivity contribution in [2.45, 2.75) is 91.1 Å². The van der Waals surface area contributed by atoms with Crippen molar-refractivity contribution in [3.63, 3.8) is 0 Å². The van der Waals surface area contributed by atoms with E-state index in [0.717, 1.165) is 29.5 Å². The van der Waals surface area contributed by atoms with E-state index in [1.54, 1.807) is 29.7 Å². The number of piperidine rings is 1. The fourth-order valence-electron chi connectivity index (χ4n) is 6.38. The molecule has 9 nitrogen and oxygen atoms in total. The monoisotopic (exact) mass is 684 g/mol. The minimum Gasteiger partial charge on any atom is -0.490 e. The predicted octanol–water partition coefficient (Wildman–Crippen LogP) is 8.66. The van der Waals surface area contributed by atoms with Crippen molar-refractivity contribution in [3.05, 3.63) is 90.4 Å². The Balaban J connectivity index is 1.64. The van der Waals surface area contributed by atoms with E-state index in [0.29, 0.717) is 65.8 Å². The lowest BCUT2D eigenvalue weighted by Gasteiger charge is -2.41. The molecule has 1 aliphatic rings. The number of anilines is 1. The quantitative estimate of drug-likeness (QED) is 0.140. The van der Waals surface area contributed by atoms with E-state index in [2.05, 4.69) is 25.0 Å². The second-order valence-corrected chi connectivity index (χ2v) is 14.4. The van der Waals surface area contributed by atoms with Crippen molar-refractivity contribution in [1.82, 2.24) is 14.6 Å². The summed E-state index contributed by atoms with van der Waals surface area (Å²) in [5, 5.41) is 15.5. The van der Waals surface area contributed by atoms with Gasteiger partial charge < -0.3 is 24.2 Å². The number of aryl methyl sites for hydroxylation is 2. The molecule has 1 saturated heterocycles. The lowest BCUT2D eigenvalue weighted by Crippen LogP contribution is -2.45. The first kappa shape index (κ1) is 36.7. The third-order valence-corrected chi connectivity index (χ3v) is 8.99. The number of hydrogen-bond donors (Lipinski definition) is 1. The number of carbonyl (C=O) groups is 1. The van der Waals surface area contributed by atoms with Gasteiger partial charge in [0.25, 0.3) is 0 Å². The smallest absolute Gasteiger partial charge is 0.337 e. The number of carboxylic acid groups (broad SMARTS) is 1. The second-order valence-electron chi connectivity index (χ2n) is 14.4. The van der Waals surface area contributed by atoms with Crippen LogP contribution in [-0.4, -0.2) is 62.7 Å². The van der Waals surface area contributed by atoms with Gasteiger partial charge in [-0.1, -0.05) is 30.4 Å². The molecule has 2 atom stereocenters. The Bertz CT molecular complexity index is 1890. The number of rotatable bonds is 13. The topological polar surface area (TPSA) is 98.4 Å². The number of carboxylic acids is 1. The molecule has 0 spiro atoms. The van der Waals surface area contributed by atoms with Gasteiger partial charge in [-0.2, -0.15) is 9.61 Å². The van der Waals surface area contributed by atoms with Crippen LogP contribution in [0.3, 0.4) is 0 Å². The van der Waals surface area contributed by atoms with Crippen LogP contribution in [-0.2, 0) is 14.3 Å². The maximum absolute atomic E-state index is 14.7. The molecule has 5 rings (SSSR count).